The van der Waals surface area contributed by atoms with Crippen LogP contribution in [0.15, 0.2) is 42.6 Å². The minimum atomic E-state index is -0.402. The standard InChI is InChI=1S/C31H40N4O6/c1-37-27-20-24-21-28(29(27)38-2)39-18-5-9-25(41-30-26-10-4-3-8-23(26)22-32-33-30)11-15-35-13-6-12-34(16-17-35)14-7-19-40-31(24)36/h3-4,8,10,20-22,25H,5-7,9,11-19H2,1-2H3. The molecule has 0 amide bonds. The summed E-state index contributed by atoms with van der Waals surface area (Å²) in [6.45, 7) is 6.74. The highest BCUT2D eigenvalue weighted by molar-refractivity contribution is 5.91. The van der Waals surface area contributed by atoms with Crippen LogP contribution in [0.2, 0.25) is 0 Å². The van der Waals surface area contributed by atoms with E-state index in [0.717, 1.165) is 82.1 Å². The third-order valence-electron chi connectivity index (χ3n) is 7.72. The van der Waals surface area contributed by atoms with Gasteiger partial charge in [-0.1, -0.05) is 18.2 Å². The number of cyclic esters (lactones) is 1. The molecule has 1 fully saturated rings. The van der Waals surface area contributed by atoms with E-state index < -0.39 is 5.97 Å². The lowest BCUT2D eigenvalue weighted by Crippen LogP contribution is -2.34. The minimum absolute atomic E-state index is 0.0575. The van der Waals surface area contributed by atoms with Crippen molar-refractivity contribution in [1.29, 1.82) is 0 Å². The first-order valence-corrected chi connectivity index (χ1v) is 14.5. The van der Waals surface area contributed by atoms with Crippen molar-refractivity contribution in [1.82, 2.24) is 20.0 Å². The first kappa shape index (κ1) is 28.9. The first-order chi connectivity index (χ1) is 20.1. The number of benzene rings is 2. The second kappa shape index (κ2) is 14.3. The van der Waals surface area contributed by atoms with Gasteiger partial charge in [-0.25, -0.2) is 4.79 Å². The summed E-state index contributed by atoms with van der Waals surface area (Å²) in [4.78, 5) is 17.9. The van der Waals surface area contributed by atoms with Crippen LogP contribution >= 0.6 is 0 Å². The molecule has 0 saturated carbocycles. The Morgan fingerprint density at radius 1 is 0.854 bits per heavy atom. The average molecular weight is 565 g/mol. The fourth-order valence-corrected chi connectivity index (χ4v) is 5.49. The number of esters is 1. The number of rotatable bonds is 4. The maximum absolute atomic E-state index is 12.9. The van der Waals surface area contributed by atoms with Gasteiger partial charge in [0.15, 0.2) is 11.5 Å². The molecule has 2 aromatic carbocycles. The van der Waals surface area contributed by atoms with E-state index in [9.17, 15) is 4.79 Å². The molecule has 1 aromatic heterocycles. The number of hydrogen-bond donors (Lipinski definition) is 0. The monoisotopic (exact) mass is 564 g/mol. The normalized spacial score (nSPS) is 22.8. The summed E-state index contributed by atoms with van der Waals surface area (Å²) >= 11 is 0. The Bertz CT molecular complexity index is 1300. The van der Waals surface area contributed by atoms with Crippen molar-refractivity contribution in [2.45, 2.75) is 38.2 Å². The number of aromatic nitrogens is 2. The zero-order chi connectivity index (χ0) is 28.4. The van der Waals surface area contributed by atoms with Gasteiger partial charge in [0.05, 0.1) is 39.2 Å². The quantitative estimate of drug-likeness (QED) is 0.429. The Labute approximate surface area is 241 Å². The third-order valence-corrected chi connectivity index (χ3v) is 7.72. The fourth-order valence-electron chi connectivity index (χ4n) is 5.49. The average Bonchev–Trinajstić information content (AvgIpc) is 3.24. The molecule has 3 heterocycles. The number of methoxy groups -OCH3 is 2. The Morgan fingerprint density at radius 3 is 2.46 bits per heavy atom. The van der Waals surface area contributed by atoms with E-state index in [1.807, 2.05) is 24.3 Å². The van der Waals surface area contributed by atoms with Crippen molar-refractivity contribution >= 4 is 16.7 Å². The number of nitrogens with zero attached hydrogens (tertiary/aromatic N) is 4. The Morgan fingerprint density at radius 2 is 1.63 bits per heavy atom. The van der Waals surface area contributed by atoms with Crippen LogP contribution in [0.25, 0.3) is 10.8 Å². The lowest BCUT2D eigenvalue weighted by atomic mass is 10.1. The number of carbonyl (C=O) groups excluding carboxylic acids is 1. The van der Waals surface area contributed by atoms with Gasteiger partial charge in [-0.3, -0.25) is 0 Å². The summed E-state index contributed by atoms with van der Waals surface area (Å²) < 4.78 is 29.3. The van der Waals surface area contributed by atoms with E-state index in [1.54, 1.807) is 25.4 Å². The third kappa shape index (κ3) is 7.56. The molecule has 0 aliphatic carbocycles. The van der Waals surface area contributed by atoms with Crippen molar-refractivity contribution in [2.75, 3.05) is 66.7 Å². The van der Waals surface area contributed by atoms with Crippen LogP contribution in [0, 0.1) is 0 Å². The lowest BCUT2D eigenvalue weighted by molar-refractivity contribution is 0.0487. The number of hydrogen-bond acceptors (Lipinski definition) is 10. The van der Waals surface area contributed by atoms with Crippen molar-refractivity contribution in [3.05, 3.63) is 48.2 Å². The molecule has 0 N–H and O–H groups in total. The van der Waals surface area contributed by atoms with Gasteiger partial charge in [0, 0.05) is 37.0 Å². The lowest BCUT2D eigenvalue weighted by Gasteiger charge is -2.25. The molecule has 3 atom stereocenters. The van der Waals surface area contributed by atoms with Crippen molar-refractivity contribution < 1.29 is 28.5 Å². The zero-order valence-corrected chi connectivity index (χ0v) is 24.0. The molecule has 0 radical (unpaired) electrons. The van der Waals surface area contributed by atoms with Crippen LogP contribution in [0.1, 0.15) is 42.5 Å². The van der Waals surface area contributed by atoms with Crippen molar-refractivity contribution in [3.63, 3.8) is 0 Å². The summed E-state index contributed by atoms with van der Waals surface area (Å²) in [5.41, 5.74) is 0.372. The van der Waals surface area contributed by atoms with E-state index >= 15 is 0 Å². The highest BCUT2D eigenvalue weighted by Gasteiger charge is 2.21. The van der Waals surface area contributed by atoms with Crippen LogP contribution in [-0.2, 0) is 4.74 Å². The van der Waals surface area contributed by atoms with Gasteiger partial charge in [-0.15, -0.1) is 5.10 Å². The summed E-state index contributed by atoms with van der Waals surface area (Å²) in [5, 5.41) is 10.5. The zero-order valence-electron chi connectivity index (χ0n) is 24.0. The van der Waals surface area contributed by atoms with Crippen LogP contribution in [-0.4, -0.2) is 98.8 Å². The van der Waals surface area contributed by atoms with Gasteiger partial charge in [0.2, 0.25) is 11.6 Å². The van der Waals surface area contributed by atoms with Crippen LogP contribution < -0.4 is 18.9 Å². The number of carbonyl (C=O) groups is 1. The van der Waals surface area contributed by atoms with E-state index in [2.05, 4.69) is 20.0 Å². The maximum Gasteiger partial charge on any atom is 0.338 e. The topological polar surface area (TPSA) is 95.5 Å². The Balaban J connectivity index is 1.36. The van der Waals surface area contributed by atoms with Gasteiger partial charge < -0.3 is 33.5 Å². The predicted octanol–water partition coefficient (Wildman–Crippen LogP) is 4.21. The van der Waals surface area contributed by atoms with Gasteiger partial charge >= 0.3 is 5.97 Å². The second-order valence-electron chi connectivity index (χ2n) is 10.5. The van der Waals surface area contributed by atoms with Crippen LogP contribution in [0.4, 0.5) is 0 Å². The number of fused-ring (bicyclic) bond motifs is 6. The SMILES string of the molecule is COc1cc2cc(c1OC)OCCCC(Oc1nncc3ccccc13)CCN1CCCN(CCCOC2=O)CC1. The van der Waals surface area contributed by atoms with Gasteiger partial charge in [0.1, 0.15) is 6.10 Å². The largest absolute Gasteiger partial charge is 0.493 e. The summed E-state index contributed by atoms with van der Waals surface area (Å²) in [6.07, 6.45) is 5.98. The summed E-state index contributed by atoms with van der Waals surface area (Å²) in [7, 11) is 3.10. The van der Waals surface area contributed by atoms with Gasteiger partial charge in [-0.2, -0.15) is 5.10 Å². The Kier molecular flexibility index (Phi) is 10.1. The predicted molar refractivity (Wildman–Crippen MR) is 155 cm³/mol. The number of ether oxygens (including phenoxy) is 5. The first-order valence-electron chi connectivity index (χ1n) is 14.5. The Hall–Kier alpha value is -3.63. The van der Waals surface area contributed by atoms with Gasteiger partial charge in [0.25, 0.3) is 0 Å². The van der Waals surface area contributed by atoms with Crippen LogP contribution in [0.5, 0.6) is 23.1 Å². The van der Waals surface area contributed by atoms with E-state index in [-0.39, 0.29) is 6.10 Å². The molecule has 2 aliphatic rings. The van der Waals surface area contributed by atoms with E-state index in [0.29, 0.717) is 41.9 Å². The molecule has 5 rings (SSSR count). The molecule has 10 nitrogen and oxygen atoms in total. The molecule has 3 unspecified atom stereocenters. The summed E-state index contributed by atoms with van der Waals surface area (Å²) in [6, 6.07) is 11.3. The molecule has 10 heteroatoms. The molecule has 0 spiro atoms. The molecule has 41 heavy (non-hydrogen) atoms. The molecule has 220 valence electrons. The molecule has 2 aliphatic heterocycles. The summed E-state index contributed by atoms with van der Waals surface area (Å²) in [5.74, 6) is 1.47. The van der Waals surface area contributed by atoms with E-state index in [1.165, 1.54) is 7.11 Å². The van der Waals surface area contributed by atoms with Gasteiger partial charge in [-0.05, 0) is 63.4 Å². The van der Waals surface area contributed by atoms with Crippen molar-refractivity contribution in [3.8, 4) is 23.1 Å². The minimum Gasteiger partial charge on any atom is -0.493 e. The highest BCUT2D eigenvalue weighted by atomic mass is 16.5. The van der Waals surface area contributed by atoms with Crippen molar-refractivity contribution in [2.24, 2.45) is 0 Å². The smallest absolute Gasteiger partial charge is 0.338 e. The molecular formula is C31H40N4O6. The molecule has 3 aromatic rings. The van der Waals surface area contributed by atoms with E-state index in [4.69, 9.17) is 23.7 Å². The molecule has 4 bridgehead atoms. The van der Waals surface area contributed by atoms with Crippen LogP contribution in [0.3, 0.4) is 0 Å². The second-order valence-corrected chi connectivity index (χ2v) is 10.5. The maximum atomic E-state index is 12.9. The fraction of sp³-hybridized carbons (Fsp3) is 0.516. The highest BCUT2D eigenvalue weighted by Crippen LogP contribution is 2.39. The molecular weight excluding hydrogens is 524 g/mol. The molecule has 1 saturated heterocycles.